The van der Waals surface area contributed by atoms with E-state index in [1.165, 1.54) is 0 Å². The molecule has 0 aromatic rings. The first-order valence-electron chi connectivity index (χ1n) is 5.51. The summed E-state index contributed by atoms with van der Waals surface area (Å²) in [6.07, 6.45) is 0.507. The van der Waals surface area contributed by atoms with Crippen molar-refractivity contribution in [3.8, 4) is 0 Å². The van der Waals surface area contributed by atoms with Crippen molar-refractivity contribution >= 4 is 11.7 Å². The van der Waals surface area contributed by atoms with E-state index in [4.69, 9.17) is 0 Å². The second-order valence-corrected chi connectivity index (χ2v) is 3.77. The molecule has 0 aromatic heterocycles. The van der Waals surface area contributed by atoms with Gasteiger partial charge in [0.25, 0.3) is 0 Å². The molecule has 1 amide bonds. The molecule has 0 rings (SSSR count). The minimum atomic E-state index is 0.0229. The van der Waals surface area contributed by atoms with Gasteiger partial charge in [0.2, 0.25) is 5.91 Å². The van der Waals surface area contributed by atoms with Crippen molar-refractivity contribution in [1.29, 1.82) is 0 Å². The molecule has 1 unspecified atom stereocenters. The van der Waals surface area contributed by atoms with E-state index in [1.54, 1.807) is 6.92 Å². The van der Waals surface area contributed by atoms with Gasteiger partial charge >= 0.3 is 0 Å². The summed E-state index contributed by atoms with van der Waals surface area (Å²) in [6.45, 7) is 9.26. The van der Waals surface area contributed by atoms with Gasteiger partial charge in [-0.3, -0.25) is 14.5 Å². The average Bonchev–Trinajstić information content (AvgIpc) is 2.13. The number of Topliss-reactive ketones (excluding diaryl/α,β-unsaturated/α-hetero) is 1. The van der Waals surface area contributed by atoms with Crippen LogP contribution in [0.15, 0.2) is 0 Å². The van der Waals surface area contributed by atoms with Gasteiger partial charge in [-0.05, 0) is 27.3 Å². The molecule has 0 aliphatic rings. The lowest BCUT2D eigenvalue weighted by atomic mass is 10.1. The molecule has 4 nitrogen and oxygen atoms in total. The molecule has 0 heterocycles. The maximum Gasteiger partial charge on any atom is 0.234 e. The van der Waals surface area contributed by atoms with Gasteiger partial charge in [0.05, 0.1) is 6.54 Å². The zero-order valence-corrected chi connectivity index (χ0v) is 10.2. The fourth-order valence-corrected chi connectivity index (χ4v) is 1.56. The van der Waals surface area contributed by atoms with Crippen LogP contribution >= 0.6 is 0 Å². The SMILES string of the molecule is CCNC(=O)CN(CC)C(C)CC(C)=O. The van der Waals surface area contributed by atoms with Crippen molar-refractivity contribution in [2.75, 3.05) is 19.6 Å². The normalized spacial score (nSPS) is 12.6. The third-order valence-electron chi connectivity index (χ3n) is 2.33. The number of likely N-dealkylation sites (N-methyl/N-ethyl adjacent to an activating group) is 2. The Morgan fingerprint density at radius 1 is 1.33 bits per heavy atom. The van der Waals surface area contributed by atoms with Crippen LogP contribution in [0.3, 0.4) is 0 Å². The molecule has 0 aliphatic heterocycles. The predicted molar refractivity (Wildman–Crippen MR) is 60.7 cm³/mol. The smallest absolute Gasteiger partial charge is 0.234 e. The molecule has 0 saturated carbocycles. The van der Waals surface area contributed by atoms with Gasteiger partial charge in [-0.15, -0.1) is 0 Å². The van der Waals surface area contributed by atoms with E-state index in [0.29, 0.717) is 19.5 Å². The number of carbonyl (C=O) groups excluding carboxylic acids is 2. The summed E-state index contributed by atoms with van der Waals surface area (Å²) in [5.41, 5.74) is 0. The van der Waals surface area contributed by atoms with Gasteiger partial charge in [-0.25, -0.2) is 0 Å². The molecule has 0 aromatic carbocycles. The Morgan fingerprint density at radius 3 is 2.33 bits per heavy atom. The van der Waals surface area contributed by atoms with Crippen LogP contribution in [0.4, 0.5) is 0 Å². The number of carbonyl (C=O) groups is 2. The van der Waals surface area contributed by atoms with Crippen LogP contribution in [0.2, 0.25) is 0 Å². The summed E-state index contributed by atoms with van der Waals surface area (Å²) in [5, 5.41) is 2.75. The van der Waals surface area contributed by atoms with Crippen molar-refractivity contribution in [3.63, 3.8) is 0 Å². The Morgan fingerprint density at radius 2 is 1.93 bits per heavy atom. The van der Waals surface area contributed by atoms with Gasteiger partial charge < -0.3 is 5.32 Å². The number of amides is 1. The van der Waals surface area contributed by atoms with E-state index in [1.807, 2.05) is 25.7 Å². The van der Waals surface area contributed by atoms with E-state index in [0.717, 1.165) is 6.54 Å². The first-order valence-corrected chi connectivity index (χ1v) is 5.51. The largest absolute Gasteiger partial charge is 0.355 e. The third-order valence-corrected chi connectivity index (χ3v) is 2.33. The quantitative estimate of drug-likeness (QED) is 0.682. The lowest BCUT2D eigenvalue weighted by Crippen LogP contribution is -2.42. The van der Waals surface area contributed by atoms with Gasteiger partial charge in [0.1, 0.15) is 5.78 Å². The molecule has 88 valence electrons. The molecule has 0 spiro atoms. The van der Waals surface area contributed by atoms with Crippen molar-refractivity contribution < 1.29 is 9.59 Å². The maximum atomic E-state index is 11.4. The zero-order valence-electron chi connectivity index (χ0n) is 10.2. The summed E-state index contributed by atoms with van der Waals surface area (Å²) in [5.74, 6) is 0.187. The Kier molecular flexibility index (Phi) is 6.96. The number of hydrogen-bond donors (Lipinski definition) is 1. The fourth-order valence-electron chi connectivity index (χ4n) is 1.56. The minimum Gasteiger partial charge on any atom is -0.355 e. The topological polar surface area (TPSA) is 49.4 Å². The lowest BCUT2D eigenvalue weighted by Gasteiger charge is -2.26. The maximum absolute atomic E-state index is 11.4. The first kappa shape index (κ1) is 14.1. The van der Waals surface area contributed by atoms with Crippen molar-refractivity contribution in [2.45, 2.75) is 40.2 Å². The molecule has 1 atom stereocenters. The number of nitrogens with zero attached hydrogens (tertiary/aromatic N) is 1. The molecule has 0 aliphatic carbocycles. The molecular weight excluding hydrogens is 192 g/mol. The van der Waals surface area contributed by atoms with E-state index >= 15 is 0 Å². The Labute approximate surface area is 92.0 Å². The summed E-state index contributed by atoms with van der Waals surface area (Å²) in [7, 11) is 0. The van der Waals surface area contributed by atoms with Crippen LogP contribution in [0, 0.1) is 0 Å². The van der Waals surface area contributed by atoms with Gasteiger partial charge in [-0.1, -0.05) is 6.92 Å². The zero-order chi connectivity index (χ0) is 11.8. The Balaban J connectivity index is 4.11. The average molecular weight is 214 g/mol. The number of rotatable bonds is 7. The Bertz CT molecular complexity index is 217. The monoisotopic (exact) mass is 214 g/mol. The fraction of sp³-hybridized carbons (Fsp3) is 0.818. The van der Waals surface area contributed by atoms with E-state index in [9.17, 15) is 9.59 Å². The molecule has 4 heteroatoms. The highest BCUT2D eigenvalue weighted by Gasteiger charge is 2.16. The summed E-state index contributed by atoms with van der Waals surface area (Å²) in [6, 6.07) is 0.134. The van der Waals surface area contributed by atoms with Crippen molar-refractivity contribution in [2.24, 2.45) is 0 Å². The lowest BCUT2D eigenvalue weighted by molar-refractivity contribution is -0.124. The van der Waals surface area contributed by atoms with Crippen LogP contribution < -0.4 is 5.32 Å². The van der Waals surface area contributed by atoms with E-state index in [-0.39, 0.29) is 17.7 Å². The van der Waals surface area contributed by atoms with Crippen LogP contribution in [-0.4, -0.2) is 42.3 Å². The van der Waals surface area contributed by atoms with Gasteiger partial charge in [0.15, 0.2) is 0 Å². The summed E-state index contributed by atoms with van der Waals surface area (Å²) < 4.78 is 0. The van der Waals surface area contributed by atoms with E-state index < -0.39 is 0 Å². The highest BCUT2D eigenvalue weighted by Crippen LogP contribution is 2.03. The molecule has 0 radical (unpaired) electrons. The molecule has 0 bridgehead atoms. The molecular formula is C11H22N2O2. The van der Waals surface area contributed by atoms with Crippen LogP contribution in [0.25, 0.3) is 0 Å². The summed E-state index contributed by atoms with van der Waals surface area (Å²) >= 11 is 0. The van der Waals surface area contributed by atoms with Crippen LogP contribution in [-0.2, 0) is 9.59 Å². The Hall–Kier alpha value is -0.900. The summed E-state index contributed by atoms with van der Waals surface area (Å²) in [4.78, 5) is 24.3. The second-order valence-electron chi connectivity index (χ2n) is 3.77. The van der Waals surface area contributed by atoms with Gasteiger partial charge in [-0.2, -0.15) is 0 Å². The molecule has 15 heavy (non-hydrogen) atoms. The second kappa shape index (κ2) is 7.40. The van der Waals surface area contributed by atoms with E-state index in [2.05, 4.69) is 5.32 Å². The number of hydrogen-bond acceptors (Lipinski definition) is 3. The predicted octanol–water partition coefficient (Wildman–Crippen LogP) is 0.812. The first-order chi connectivity index (χ1) is 7.01. The standard InChI is InChI=1S/C11H22N2O2/c1-5-12-11(15)8-13(6-2)9(3)7-10(4)14/h9H,5-8H2,1-4H3,(H,12,15). The van der Waals surface area contributed by atoms with Crippen LogP contribution in [0.5, 0.6) is 0 Å². The highest BCUT2D eigenvalue weighted by atomic mass is 16.2. The molecule has 0 saturated heterocycles. The molecule has 1 N–H and O–H groups in total. The van der Waals surface area contributed by atoms with Crippen LogP contribution in [0.1, 0.15) is 34.1 Å². The number of ketones is 1. The molecule has 0 fully saturated rings. The van der Waals surface area contributed by atoms with Crippen molar-refractivity contribution in [3.05, 3.63) is 0 Å². The van der Waals surface area contributed by atoms with Crippen molar-refractivity contribution in [1.82, 2.24) is 10.2 Å². The minimum absolute atomic E-state index is 0.0229. The van der Waals surface area contributed by atoms with Gasteiger partial charge in [0, 0.05) is 19.0 Å². The highest BCUT2D eigenvalue weighted by molar-refractivity contribution is 5.78. The third kappa shape index (κ3) is 6.23. The number of nitrogens with one attached hydrogen (secondary N) is 1.